The molecule has 0 atom stereocenters. The standard InChI is InChI=1S/C27H24O4S/c1-27(2)17-16-25(32(30,31)22-6-4-3-5-7-22)23-18-20(12-15-24(23)27)9-8-19-10-13-21(14-11-19)26(28)29/h3-16,18H,17H2,1-2H3,(H,28,29). The summed E-state index contributed by atoms with van der Waals surface area (Å²) in [7, 11) is -3.64. The smallest absolute Gasteiger partial charge is 0.335 e. The maximum absolute atomic E-state index is 13.4. The first-order valence-corrected chi connectivity index (χ1v) is 11.8. The van der Waals surface area contributed by atoms with E-state index < -0.39 is 15.8 Å². The lowest BCUT2D eigenvalue weighted by molar-refractivity contribution is 0.0697. The molecule has 1 aliphatic carbocycles. The number of hydrogen-bond acceptors (Lipinski definition) is 3. The van der Waals surface area contributed by atoms with Gasteiger partial charge in [0.2, 0.25) is 9.84 Å². The van der Waals surface area contributed by atoms with E-state index in [1.165, 1.54) is 0 Å². The van der Waals surface area contributed by atoms with Crippen molar-refractivity contribution in [2.24, 2.45) is 0 Å². The summed E-state index contributed by atoms with van der Waals surface area (Å²) in [5.74, 6) is -0.961. The molecule has 0 bridgehead atoms. The molecule has 0 amide bonds. The van der Waals surface area contributed by atoms with E-state index in [9.17, 15) is 13.2 Å². The number of hydrogen-bond donors (Lipinski definition) is 1. The number of rotatable bonds is 5. The Hall–Kier alpha value is -3.44. The van der Waals surface area contributed by atoms with Gasteiger partial charge in [-0.05, 0) is 64.4 Å². The fourth-order valence-corrected chi connectivity index (χ4v) is 5.47. The molecule has 0 saturated carbocycles. The second-order valence-corrected chi connectivity index (χ2v) is 10.5. The Kier molecular flexibility index (Phi) is 5.61. The zero-order valence-corrected chi connectivity index (χ0v) is 18.8. The zero-order chi connectivity index (χ0) is 22.9. The van der Waals surface area contributed by atoms with Crippen LogP contribution in [0.4, 0.5) is 0 Å². The number of fused-ring (bicyclic) bond motifs is 1. The zero-order valence-electron chi connectivity index (χ0n) is 17.9. The molecule has 3 aromatic carbocycles. The van der Waals surface area contributed by atoms with Gasteiger partial charge in [0.15, 0.2) is 0 Å². The van der Waals surface area contributed by atoms with E-state index in [0.717, 1.165) is 22.3 Å². The highest BCUT2D eigenvalue weighted by molar-refractivity contribution is 8.00. The van der Waals surface area contributed by atoms with Gasteiger partial charge in [0.1, 0.15) is 0 Å². The Morgan fingerprint density at radius 2 is 1.53 bits per heavy atom. The predicted octanol–water partition coefficient (Wildman–Crippen LogP) is 6.05. The Morgan fingerprint density at radius 3 is 2.19 bits per heavy atom. The lowest BCUT2D eigenvalue weighted by atomic mass is 9.75. The number of carboxylic acid groups (broad SMARTS) is 1. The van der Waals surface area contributed by atoms with Crippen LogP contribution in [-0.2, 0) is 15.3 Å². The van der Waals surface area contributed by atoms with Gasteiger partial charge in [-0.1, -0.05) is 74.5 Å². The molecule has 5 heteroatoms. The van der Waals surface area contributed by atoms with Crippen molar-refractivity contribution in [2.45, 2.75) is 30.6 Å². The van der Waals surface area contributed by atoms with E-state index in [4.69, 9.17) is 5.11 Å². The summed E-state index contributed by atoms with van der Waals surface area (Å²) in [5, 5.41) is 9.04. The average molecular weight is 445 g/mol. The van der Waals surface area contributed by atoms with Gasteiger partial charge in [-0.3, -0.25) is 0 Å². The molecule has 162 valence electrons. The summed E-state index contributed by atoms with van der Waals surface area (Å²) in [6, 6.07) is 21.0. The largest absolute Gasteiger partial charge is 0.478 e. The third kappa shape index (κ3) is 4.16. The van der Waals surface area contributed by atoms with Crippen molar-refractivity contribution in [1.29, 1.82) is 0 Å². The van der Waals surface area contributed by atoms with Crippen LogP contribution in [0, 0.1) is 0 Å². The highest BCUT2D eigenvalue weighted by Crippen LogP contribution is 2.43. The third-order valence-corrected chi connectivity index (χ3v) is 7.66. The van der Waals surface area contributed by atoms with Gasteiger partial charge in [0.25, 0.3) is 0 Å². The summed E-state index contributed by atoms with van der Waals surface area (Å²) in [4.78, 5) is 11.7. The van der Waals surface area contributed by atoms with Gasteiger partial charge in [-0.2, -0.15) is 0 Å². The summed E-state index contributed by atoms with van der Waals surface area (Å²) in [6.45, 7) is 4.24. The fraction of sp³-hybridized carbons (Fsp3) is 0.148. The minimum absolute atomic E-state index is 0.167. The lowest BCUT2D eigenvalue weighted by Crippen LogP contribution is -2.23. The third-order valence-electron chi connectivity index (χ3n) is 5.80. The van der Waals surface area contributed by atoms with Crippen LogP contribution in [0.3, 0.4) is 0 Å². The molecule has 0 aliphatic heterocycles. The van der Waals surface area contributed by atoms with Crippen molar-refractivity contribution in [3.63, 3.8) is 0 Å². The number of benzene rings is 3. The molecule has 32 heavy (non-hydrogen) atoms. The number of aromatic carboxylic acids is 1. The Balaban J connectivity index is 1.74. The topological polar surface area (TPSA) is 71.4 Å². The van der Waals surface area contributed by atoms with E-state index >= 15 is 0 Å². The molecule has 3 aromatic rings. The van der Waals surface area contributed by atoms with Gasteiger partial charge >= 0.3 is 5.97 Å². The molecule has 1 aliphatic rings. The van der Waals surface area contributed by atoms with Crippen LogP contribution < -0.4 is 0 Å². The van der Waals surface area contributed by atoms with Crippen LogP contribution in [0.2, 0.25) is 0 Å². The molecule has 0 unspecified atom stereocenters. The maximum Gasteiger partial charge on any atom is 0.335 e. The summed E-state index contributed by atoms with van der Waals surface area (Å²) < 4.78 is 26.8. The molecule has 4 rings (SSSR count). The van der Waals surface area contributed by atoms with Crippen LogP contribution in [0.5, 0.6) is 0 Å². The first-order valence-electron chi connectivity index (χ1n) is 10.4. The highest BCUT2D eigenvalue weighted by Gasteiger charge is 2.33. The van der Waals surface area contributed by atoms with Crippen molar-refractivity contribution in [3.8, 4) is 0 Å². The molecule has 0 heterocycles. The van der Waals surface area contributed by atoms with Crippen molar-refractivity contribution in [1.82, 2.24) is 0 Å². The molecule has 0 saturated heterocycles. The Labute approximate surface area is 188 Å². The molecular formula is C27H24O4S. The highest BCUT2D eigenvalue weighted by atomic mass is 32.2. The van der Waals surface area contributed by atoms with E-state index in [1.807, 2.05) is 36.4 Å². The van der Waals surface area contributed by atoms with Gasteiger partial charge in [0.05, 0.1) is 15.4 Å². The van der Waals surface area contributed by atoms with E-state index in [1.54, 1.807) is 54.6 Å². The minimum atomic E-state index is -3.64. The second-order valence-electron chi connectivity index (χ2n) is 8.54. The van der Waals surface area contributed by atoms with Crippen LogP contribution in [-0.4, -0.2) is 19.5 Å². The van der Waals surface area contributed by atoms with Crippen molar-refractivity contribution < 1.29 is 18.3 Å². The Bertz CT molecular complexity index is 1330. The van der Waals surface area contributed by atoms with Crippen LogP contribution in [0.15, 0.2) is 83.8 Å². The molecule has 0 spiro atoms. The SMILES string of the molecule is CC1(C)CC=C(S(=O)(=O)c2ccccc2)c2cc(C=Cc3ccc(C(=O)O)cc3)ccc21. The van der Waals surface area contributed by atoms with Crippen LogP contribution in [0.25, 0.3) is 17.1 Å². The molecule has 0 fully saturated rings. The Morgan fingerprint density at radius 1 is 0.906 bits per heavy atom. The number of allylic oxidation sites excluding steroid dienone is 1. The van der Waals surface area contributed by atoms with Gasteiger partial charge < -0.3 is 5.11 Å². The number of carbonyl (C=O) groups is 1. The first kappa shape index (κ1) is 21.8. The predicted molar refractivity (Wildman–Crippen MR) is 128 cm³/mol. The molecule has 0 radical (unpaired) electrons. The fourth-order valence-electron chi connectivity index (χ4n) is 3.94. The quantitative estimate of drug-likeness (QED) is 0.486. The summed E-state index contributed by atoms with van der Waals surface area (Å²) in [6.07, 6.45) is 6.27. The lowest BCUT2D eigenvalue weighted by Gasteiger charge is -2.32. The van der Waals surface area contributed by atoms with Gasteiger partial charge in [-0.15, -0.1) is 0 Å². The minimum Gasteiger partial charge on any atom is -0.478 e. The number of sulfone groups is 1. The van der Waals surface area contributed by atoms with E-state index in [0.29, 0.717) is 11.3 Å². The maximum atomic E-state index is 13.4. The van der Waals surface area contributed by atoms with Gasteiger partial charge in [-0.25, -0.2) is 13.2 Å². The van der Waals surface area contributed by atoms with E-state index in [2.05, 4.69) is 13.8 Å². The first-order chi connectivity index (χ1) is 15.2. The summed E-state index contributed by atoms with van der Waals surface area (Å²) in [5.41, 5.74) is 3.54. The second kappa shape index (κ2) is 8.24. The molecule has 1 N–H and O–H groups in total. The normalized spacial score (nSPS) is 15.2. The van der Waals surface area contributed by atoms with Crippen molar-refractivity contribution in [2.75, 3.05) is 0 Å². The molecular weight excluding hydrogens is 420 g/mol. The average Bonchev–Trinajstić information content (AvgIpc) is 2.78. The van der Waals surface area contributed by atoms with Crippen molar-refractivity contribution >= 4 is 32.9 Å². The van der Waals surface area contributed by atoms with Crippen molar-refractivity contribution in [3.05, 3.63) is 107 Å². The molecule has 0 aromatic heterocycles. The summed E-state index contributed by atoms with van der Waals surface area (Å²) >= 11 is 0. The van der Waals surface area contributed by atoms with E-state index in [-0.39, 0.29) is 15.9 Å². The molecule has 4 nitrogen and oxygen atoms in total. The van der Waals surface area contributed by atoms with Crippen LogP contribution in [0.1, 0.15) is 52.9 Å². The monoisotopic (exact) mass is 444 g/mol. The number of carboxylic acids is 1. The van der Waals surface area contributed by atoms with Crippen LogP contribution >= 0.6 is 0 Å². The van der Waals surface area contributed by atoms with Gasteiger partial charge in [0, 0.05) is 0 Å².